The molecule has 0 aliphatic heterocycles. The molecule has 2 aliphatic carbocycles. The van der Waals surface area contributed by atoms with E-state index in [9.17, 15) is 9.59 Å². The number of benzene rings is 1. The van der Waals surface area contributed by atoms with Crippen molar-refractivity contribution in [3.05, 3.63) is 57.7 Å². The average Bonchev–Trinajstić information content (AvgIpc) is 3.33. The fraction of sp³-hybridized carbons (Fsp3) is 0.294. The zero-order valence-corrected chi connectivity index (χ0v) is 15.9. The van der Waals surface area contributed by atoms with Gasteiger partial charge in [-0.15, -0.1) is 0 Å². The highest BCUT2D eigenvalue weighted by molar-refractivity contribution is 6.52. The molecular weight excluding hydrogens is 406 g/mol. The van der Waals surface area contributed by atoms with Crippen LogP contribution in [-0.2, 0) is 15.0 Å². The average molecular weight is 420 g/mol. The molecule has 8 heteroatoms. The van der Waals surface area contributed by atoms with E-state index in [1.807, 2.05) is 0 Å². The Morgan fingerprint density at radius 2 is 1.84 bits per heavy atom. The minimum Gasteiger partial charge on any atom is -0.369 e. The van der Waals surface area contributed by atoms with E-state index in [1.165, 1.54) is 6.08 Å². The van der Waals surface area contributed by atoms with Crippen LogP contribution in [-0.4, -0.2) is 16.1 Å². The number of carbonyl (C=O) groups is 2. The first kappa shape index (κ1) is 18.6. The van der Waals surface area contributed by atoms with Gasteiger partial charge in [0.25, 0.3) is 0 Å². The number of nitrogens with one attached hydrogen (secondary N) is 1. The van der Waals surface area contributed by atoms with E-state index < -0.39 is 21.6 Å². The Hall–Kier alpha value is -1.20. The number of hydrogen-bond acceptors (Lipinski definition) is 2. The van der Waals surface area contributed by atoms with Crippen LogP contribution >= 0.6 is 46.4 Å². The van der Waals surface area contributed by atoms with Gasteiger partial charge in [-0.05, 0) is 36.6 Å². The zero-order valence-electron chi connectivity index (χ0n) is 12.9. The lowest BCUT2D eigenvalue weighted by molar-refractivity contribution is -0.124. The number of nitrogens with two attached hydrogens (primary N) is 1. The molecule has 132 valence electrons. The van der Waals surface area contributed by atoms with Crippen LogP contribution in [0.1, 0.15) is 18.4 Å². The maximum Gasteiger partial charge on any atom is 0.234 e. The maximum absolute atomic E-state index is 12.9. The van der Waals surface area contributed by atoms with Crippen LogP contribution in [0.4, 0.5) is 0 Å². The van der Waals surface area contributed by atoms with E-state index in [0.717, 1.165) is 5.56 Å². The smallest absolute Gasteiger partial charge is 0.234 e. The van der Waals surface area contributed by atoms with Crippen molar-refractivity contribution in [1.29, 1.82) is 0 Å². The van der Waals surface area contributed by atoms with Crippen LogP contribution in [0.3, 0.4) is 0 Å². The Balaban J connectivity index is 1.85. The molecule has 1 saturated carbocycles. The summed E-state index contributed by atoms with van der Waals surface area (Å²) < 4.78 is -1.63. The molecule has 0 radical (unpaired) electrons. The second-order valence-corrected chi connectivity index (χ2v) is 8.33. The first-order chi connectivity index (χ1) is 11.7. The molecule has 25 heavy (non-hydrogen) atoms. The van der Waals surface area contributed by atoms with Crippen LogP contribution in [0.5, 0.6) is 0 Å². The summed E-state index contributed by atoms with van der Waals surface area (Å²) in [4.78, 5) is 24.4. The molecule has 0 saturated heterocycles. The highest BCUT2D eigenvalue weighted by Crippen LogP contribution is 2.50. The van der Waals surface area contributed by atoms with Crippen LogP contribution in [0.2, 0.25) is 10.0 Å². The Morgan fingerprint density at radius 3 is 2.40 bits per heavy atom. The highest BCUT2D eigenvalue weighted by atomic mass is 35.5. The molecule has 3 N–H and O–H groups in total. The summed E-state index contributed by atoms with van der Waals surface area (Å²) in [5, 5.41) is 3.56. The predicted octanol–water partition coefficient (Wildman–Crippen LogP) is 3.87. The normalized spacial score (nSPS) is 22.9. The van der Waals surface area contributed by atoms with Crippen molar-refractivity contribution < 1.29 is 9.59 Å². The van der Waals surface area contributed by atoms with Gasteiger partial charge in [-0.2, -0.15) is 0 Å². The monoisotopic (exact) mass is 418 g/mol. The number of primary amides is 1. The second kappa shape index (κ2) is 6.51. The third kappa shape index (κ3) is 3.28. The van der Waals surface area contributed by atoms with Crippen LogP contribution < -0.4 is 11.1 Å². The first-order valence-corrected chi connectivity index (χ1v) is 9.03. The number of halogens is 4. The Morgan fingerprint density at radius 1 is 1.16 bits per heavy atom. The number of allylic oxidation sites excluding steroid dienone is 3. The van der Waals surface area contributed by atoms with E-state index in [-0.39, 0.29) is 11.6 Å². The zero-order chi connectivity index (χ0) is 18.4. The van der Waals surface area contributed by atoms with Crippen molar-refractivity contribution in [3.8, 4) is 0 Å². The van der Waals surface area contributed by atoms with Gasteiger partial charge in [0.2, 0.25) is 11.8 Å². The number of carbonyl (C=O) groups excluding carboxylic acids is 2. The third-order valence-electron chi connectivity index (χ3n) is 4.53. The Labute approximate surface area is 164 Å². The van der Waals surface area contributed by atoms with E-state index in [1.54, 1.807) is 30.4 Å². The van der Waals surface area contributed by atoms with Crippen LogP contribution in [0.15, 0.2) is 42.1 Å². The topological polar surface area (TPSA) is 72.2 Å². The van der Waals surface area contributed by atoms with Gasteiger partial charge in [0.05, 0.1) is 27.1 Å². The Bertz CT molecular complexity index is 813. The summed E-state index contributed by atoms with van der Waals surface area (Å²) in [5.41, 5.74) is 5.62. The molecular formula is C17H14Cl4N2O2. The number of alkyl halides is 2. The lowest BCUT2D eigenvalue weighted by Crippen LogP contribution is -2.46. The molecule has 2 aliphatic rings. The SMILES string of the molecule is NC(=O)C1C=CC=C(NC(=O)C2(c3ccc(Cl)c(Cl)c3)CC2)C1(Cl)Cl. The standard InChI is InChI=1S/C17H14Cl4N2O2/c18-11-5-4-9(8-12(11)19)16(6-7-16)15(25)23-13-3-1-2-10(14(22)24)17(13,20)21/h1-5,8,10H,6-7H2,(H2,22,24)(H,23,25). The predicted molar refractivity (Wildman–Crippen MR) is 99.9 cm³/mol. The van der Waals surface area contributed by atoms with Gasteiger partial charge in [0.15, 0.2) is 4.33 Å². The number of amides is 2. The van der Waals surface area contributed by atoms with Crippen LogP contribution in [0.25, 0.3) is 0 Å². The minimum absolute atomic E-state index is 0.221. The maximum atomic E-state index is 12.9. The summed E-state index contributed by atoms with van der Waals surface area (Å²) in [6.07, 6.45) is 5.98. The summed E-state index contributed by atoms with van der Waals surface area (Å²) in [5.74, 6) is -1.87. The van der Waals surface area contributed by atoms with Crippen molar-refractivity contribution in [1.82, 2.24) is 5.32 Å². The summed E-state index contributed by atoms with van der Waals surface area (Å²) in [6.45, 7) is 0. The third-order valence-corrected chi connectivity index (χ3v) is 6.14. The summed E-state index contributed by atoms with van der Waals surface area (Å²) >= 11 is 24.6. The lowest BCUT2D eigenvalue weighted by atomic mass is 9.93. The van der Waals surface area contributed by atoms with Gasteiger partial charge < -0.3 is 11.1 Å². The van der Waals surface area contributed by atoms with Gasteiger partial charge in [0, 0.05) is 0 Å². The summed E-state index contributed by atoms with van der Waals surface area (Å²) in [6, 6.07) is 5.12. The molecule has 1 atom stereocenters. The van der Waals surface area contributed by atoms with Crippen LogP contribution in [0, 0.1) is 5.92 Å². The van der Waals surface area contributed by atoms with E-state index in [4.69, 9.17) is 52.1 Å². The van der Waals surface area contributed by atoms with Gasteiger partial charge in [-0.3, -0.25) is 9.59 Å². The van der Waals surface area contributed by atoms with Crippen molar-refractivity contribution in [2.75, 3.05) is 0 Å². The molecule has 1 unspecified atom stereocenters. The van der Waals surface area contributed by atoms with E-state index >= 15 is 0 Å². The van der Waals surface area contributed by atoms with Crippen molar-refractivity contribution >= 4 is 58.2 Å². The van der Waals surface area contributed by atoms with E-state index in [2.05, 4.69) is 5.32 Å². The fourth-order valence-corrected chi connectivity index (χ4v) is 3.75. The molecule has 1 aromatic carbocycles. The molecule has 1 aromatic rings. The van der Waals surface area contributed by atoms with Gasteiger partial charge in [-0.1, -0.05) is 64.6 Å². The minimum atomic E-state index is -1.63. The molecule has 1 fully saturated rings. The molecule has 3 rings (SSSR count). The van der Waals surface area contributed by atoms with Gasteiger partial charge in [-0.25, -0.2) is 0 Å². The van der Waals surface area contributed by atoms with Crippen molar-refractivity contribution in [3.63, 3.8) is 0 Å². The van der Waals surface area contributed by atoms with Crippen molar-refractivity contribution in [2.45, 2.75) is 22.6 Å². The quantitative estimate of drug-likeness (QED) is 0.727. The first-order valence-electron chi connectivity index (χ1n) is 7.51. The number of hydrogen-bond donors (Lipinski definition) is 2. The van der Waals surface area contributed by atoms with Gasteiger partial charge >= 0.3 is 0 Å². The largest absolute Gasteiger partial charge is 0.369 e. The molecule has 0 heterocycles. The Kier molecular flexibility index (Phi) is 4.84. The second-order valence-electron chi connectivity index (χ2n) is 6.13. The molecule has 4 nitrogen and oxygen atoms in total. The molecule has 0 aromatic heterocycles. The molecule has 2 amide bonds. The van der Waals surface area contributed by atoms with Crippen molar-refractivity contribution in [2.24, 2.45) is 11.7 Å². The fourth-order valence-electron chi connectivity index (χ4n) is 2.87. The highest BCUT2D eigenvalue weighted by Gasteiger charge is 2.53. The molecule has 0 bridgehead atoms. The number of rotatable bonds is 4. The molecule has 0 spiro atoms. The van der Waals surface area contributed by atoms with Gasteiger partial charge in [0.1, 0.15) is 0 Å². The summed E-state index contributed by atoms with van der Waals surface area (Å²) in [7, 11) is 0. The van der Waals surface area contributed by atoms with E-state index in [0.29, 0.717) is 22.9 Å². The lowest BCUT2D eigenvalue weighted by Gasteiger charge is -2.31.